The van der Waals surface area contributed by atoms with Gasteiger partial charge in [0.1, 0.15) is 12.4 Å². The van der Waals surface area contributed by atoms with Crippen molar-refractivity contribution < 1.29 is 17.9 Å². The van der Waals surface area contributed by atoms with Gasteiger partial charge in [-0.25, -0.2) is 8.42 Å². The zero-order valence-corrected chi connectivity index (χ0v) is 19.3. The highest BCUT2D eigenvalue weighted by Crippen LogP contribution is 2.26. The summed E-state index contributed by atoms with van der Waals surface area (Å²) >= 11 is 0. The number of nitrogens with zero attached hydrogens (tertiary/aromatic N) is 2. The third-order valence-corrected chi connectivity index (χ3v) is 7.72. The van der Waals surface area contributed by atoms with Gasteiger partial charge in [0.2, 0.25) is 15.9 Å². The highest BCUT2D eigenvalue weighted by Gasteiger charge is 2.33. The smallest absolute Gasteiger partial charge is 0.243 e. The Balaban J connectivity index is 1.50. The third-order valence-electron chi connectivity index (χ3n) is 5.80. The van der Waals surface area contributed by atoms with E-state index < -0.39 is 10.0 Å². The summed E-state index contributed by atoms with van der Waals surface area (Å²) in [5.74, 6) is 1.03. The summed E-state index contributed by atoms with van der Waals surface area (Å²) in [4.78, 5) is 14.8. The van der Waals surface area contributed by atoms with E-state index in [1.54, 1.807) is 24.1 Å². The first-order valence-corrected chi connectivity index (χ1v) is 12.3. The van der Waals surface area contributed by atoms with Crippen molar-refractivity contribution in [3.63, 3.8) is 0 Å². The number of hydrogen-bond donors (Lipinski definition) is 0. The van der Waals surface area contributed by atoms with Crippen LogP contribution in [0.3, 0.4) is 0 Å². The lowest BCUT2D eigenvalue weighted by Gasteiger charge is -2.32. The molecule has 6 nitrogen and oxygen atoms in total. The van der Waals surface area contributed by atoms with Crippen LogP contribution in [-0.4, -0.2) is 56.8 Å². The molecule has 7 heteroatoms. The molecule has 3 rings (SSSR count). The molecule has 1 heterocycles. The minimum atomic E-state index is -3.53. The fourth-order valence-electron chi connectivity index (χ4n) is 3.76. The summed E-state index contributed by atoms with van der Waals surface area (Å²) in [6.45, 7) is 5.80. The van der Waals surface area contributed by atoms with Crippen LogP contribution in [0, 0.1) is 5.92 Å². The van der Waals surface area contributed by atoms with Crippen LogP contribution < -0.4 is 4.74 Å². The third kappa shape index (κ3) is 5.86. The van der Waals surface area contributed by atoms with Gasteiger partial charge < -0.3 is 9.64 Å². The number of amides is 1. The first kappa shape index (κ1) is 23.3. The number of carbonyl (C=O) groups is 1. The molecule has 168 valence electrons. The summed E-state index contributed by atoms with van der Waals surface area (Å²) in [5.41, 5.74) is 1.11. The zero-order valence-electron chi connectivity index (χ0n) is 18.5. The quantitative estimate of drug-likeness (QED) is 0.622. The number of hydrogen-bond acceptors (Lipinski definition) is 4. The van der Waals surface area contributed by atoms with Crippen molar-refractivity contribution in [2.75, 3.05) is 33.3 Å². The summed E-state index contributed by atoms with van der Waals surface area (Å²) in [7, 11) is -1.76. The highest BCUT2D eigenvalue weighted by molar-refractivity contribution is 7.89. The van der Waals surface area contributed by atoms with Gasteiger partial charge in [0.05, 0.1) is 11.4 Å². The van der Waals surface area contributed by atoms with Gasteiger partial charge in [0, 0.05) is 26.1 Å². The molecule has 0 aliphatic carbocycles. The number of sulfonamides is 1. The van der Waals surface area contributed by atoms with Crippen molar-refractivity contribution in [2.24, 2.45) is 5.92 Å². The van der Waals surface area contributed by atoms with E-state index in [0.29, 0.717) is 49.9 Å². The standard InChI is InChI=1S/C24H32N2O4S/c1-19(2)20-9-11-23(12-10-20)31(28,29)26-15-13-21(14-16-26)24(27)25(3)17-18-30-22-7-5-4-6-8-22/h4-12,19,21H,13-18H2,1-3H3. The molecule has 1 fully saturated rings. The van der Waals surface area contributed by atoms with Gasteiger partial charge >= 0.3 is 0 Å². The summed E-state index contributed by atoms with van der Waals surface area (Å²) in [6, 6.07) is 16.6. The van der Waals surface area contributed by atoms with Crippen molar-refractivity contribution >= 4 is 15.9 Å². The van der Waals surface area contributed by atoms with E-state index in [1.807, 2.05) is 42.5 Å². The fraction of sp³-hybridized carbons (Fsp3) is 0.458. The highest BCUT2D eigenvalue weighted by atomic mass is 32.2. The minimum absolute atomic E-state index is 0.0509. The molecule has 31 heavy (non-hydrogen) atoms. The second kappa shape index (κ2) is 10.3. The Morgan fingerprint density at radius 2 is 1.68 bits per heavy atom. The molecule has 0 unspecified atom stereocenters. The molecular weight excluding hydrogens is 412 g/mol. The summed E-state index contributed by atoms with van der Waals surface area (Å²) in [6.07, 6.45) is 1.07. The van der Waals surface area contributed by atoms with Crippen LogP contribution in [0.2, 0.25) is 0 Å². The lowest BCUT2D eigenvalue weighted by atomic mass is 9.97. The first-order valence-electron chi connectivity index (χ1n) is 10.8. The second-order valence-electron chi connectivity index (χ2n) is 8.32. The number of para-hydroxylation sites is 1. The number of likely N-dealkylation sites (N-methyl/N-ethyl adjacent to an activating group) is 1. The van der Waals surface area contributed by atoms with Crippen LogP contribution in [0.5, 0.6) is 5.75 Å². The van der Waals surface area contributed by atoms with Crippen LogP contribution in [0.1, 0.15) is 38.2 Å². The maximum atomic E-state index is 13.0. The normalized spacial score (nSPS) is 15.7. The van der Waals surface area contributed by atoms with Gasteiger partial charge in [-0.2, -0.15) is 4.31 Å². The lowest BCUT2D eigenvalue weighted by molar-refractivity contribution is -0.135. The molecule has 0 atom stereocenters. The Bertz CT molecular complexity index is 951. The molecule has 0 N–H and O–H groups in total. The molecule has 0 radical (unpaired) electrons. The van der Waals surface area contributed by atoms with E-state index in [9.17, 15) is 13.2 Å². The molecule has 1 amide bonds. The van der Waals surface area contributed by atoms with Gasteiger partial charge in [-0.3, -0.25) is 4.79 Å². The Hall–Kier alpha value is -2.38. The number of benzene rings is 2. The summed E-state index contributed by atoms with van der Waals surface area (Å²) in [5, 5.41) is 0. The maximum absolute atomic E-state index is 13.0. The van der Waals surface area contributed by atoms with Crippen LogP contribution in [0.15, 0.2) is 59.5 Å². The van der Waals surface area contributed by atoms with Crippen molar-refractivity contribution in [1.82, 2.24) is 9.21 Å². The number of carbonyl (C=O) groups excluding carboxylic acids is 1. The molecule has 1 aliphatic rings. The molecule has 0 saturated carbocycles. The van der Waals surface area contributed by atoms with Crippen molar-refractivity contribution in [3.8, 4) is 5.75 Å². The Kier molecular flexibility index (Phi) is 7.73. The zero-order chi connectivity index (χ0) is 22.4. The van der Waals surface area contributed by atoms with Crippen LogP contribution >= 0.6 is 0 Å². The van der Waals surface area contributed by atoms with E-state index in [4.69, 9.17) is 4.74 Å². The van der Waals surface area contributed by atoms with Crippen molar-refractivity contribution in [1.29, 1.82) is 0 Å². The van der Waals surface area contributed by atoms with Gasteiger partial charge in [-0.05, 0) is 48.6 Å². The van der Waals surface area contributed by atoms with E-state index in [2.05, 4.69) is 13.8 Å². The second-order valence-corrected chi connectivity index (χ2v) is 10.3. The molecule has 0 aromatic heterocycles. The minimum Gasteiger partial charge on any atom is -0.492 e. The van der Waals surface area contributed by atoms with Gasteiger partial charge in [0.15, 0.2) is 0 Å². The summed E-state index contributed by atoms with van der Waals surface area (Å²) < 4.78 is 33.1. The average Bonchev–Trinajstić information content (AvgIpc) is 2.79. The molecular formula is C24H32N2O4S. The predicted molar refractivity (Wildman–Crippen MR) is 122 cm³/mol. The molecule has 1 aliphatic heterocycles. The predicted octanol–water partition coefficient (Wildman–Crippen LogP) is 3.75. The SMILES string of the molecule is CC(C)c1ccc(S(=O)(=O)N2CCC(C(=O)N(C)CCOc3ccccc3)CC2)cc1. The van der Waals surface area contributed by atoms with E-state index in [0.717, 1.165) is 11.3 Å². The largest absolute Gasteiger partial charge is 0.492 e. The first-order chi connectivity index (χ1) is 14.8. The molecule has 0 spiro atoms. The topological polar surface area (TPSA) is 66.9 Å². The maximum Gasteiger partial charge on any atom is 0.243 e. The van der Waals surface area contributed by atoms with E-state index in [-0.39, 0.29) is 11.8 Å². The van der Waals surface area contributed by atoms with Crippen molar-refractivity contribution in [3.05, 3.63) is 60.2 Å². The number of ether oxygens (including phenoxy) is 1. The van der Waals surface area contributed by atoms with Crippen LogP contribution in [0.4, 0.5) is 0 Å². The van der Waals surface area contributed by atoms with Gasteiger partial charge in [0.25, 0.3) is 0 Å². The Morgan fingerprint density at radius 1 is 1.06 bits per heavy atom. The van der Waals surface area contributed by atoms with Gasteiger partial charge in [-0.15, -0.1) is 0 Å². The molecule has 2 aromatic carbocycles. The van der Waals surface area contributed by atoms with E-state index >= 15 is 0 Å². The monoisotopic (exact) mass is 444 g/mol. The average molecular weight is 445 g/mol. The number of rotatable bonds is 8. The molecule has 1 saturated heterocycles. The van der Waals surface area contributed by atoms with Crippen LogP contribution in [-0.2, 0) is 14.8 Å². The van der Waals surface area contributed by atoms with Crippen molar-refractivity contribution in [2.45, 2.75) is 37.5 Å². The molecule has 0 bridgehead atoms. The fourth-order valence-corrected chi connectivity index (χ4v) is 5.23. The number of piperidine rings is 1. The Morgan fingerprint density at radius 3 is 2.26 bits per heavy atom. The lowest BCUT2D eigenvalue weighted by Crippen LogP contribution is -2.44. The van der Waals surface area contributed by atoms with Crippen LogP contribution in [0.25, 0.3) is 0 Å². The van der Waals surface area contributed by atoms with Gasteiger partial charge in [-0.1, -0.05) is 44.2 Å². The molecule has 2 aromatic rings. The van der Waals surface area contributed by atoms with E-state index in [1.165, 1.54) is 4.31 Å². The Labute approximate surface area is 185 Å².